The van der Waals surface area contributed by atoms with Crippen molar-refractivity contribution in [1.29, 1.82) is 0 Å². The number of carbonyl (C=O) groups excluding carboxylic acids is 3. The van der Waals surface area contributed by atoms with Crippen molar-refractivity contribution in [2.45, 2.75) is 10.1 Å². The van der Waals surface area contributed by atoms with E-state index in [1.807, 2.05) is 84.2 Å². The fraction of sp³-hybridized carbons (Fsp3) is 0.0256. The molecule has 6 aromatic rings. The lowest BCUT2D eigenvalue weighted by atomic mass is 10.1. The molecule has 49 heavy (non-hydrogen) atoms. The second-order valence-electron chi connectivity index (χ2n) is 10.7. The molecule has 0 aliphatic rings. The number of halogens is 1. The molecule has 0 radical (unpaired) electrons. The largest absolute Gasteiger partial charge is 0.321 e. The van der Waals surface area contributed by atoms with Crippen LogP contribution in [0.25, 0.3) is 17.3 Å². The van der Waals surface area contributed by atoms with Gasteiger partial charge in [0.15, 0.2) is 5.13 Å². The minimum absolute atomic E-state index is 0.0871. The number of hydrogen-bond donors (Lipinski definition) is 3. The molecule has 3 N–H and O–H groups in total. The van der Waals surface area contributed by atoms with Crippen molar-refractivity contribution >= 4 is 57.7 Å². The lowest BCUT2D eigenvalue weighted by molar-refractivity contribution is -0.116. The number of rotatable bonds is 11. The van der Waals surface area contributed by atoms with Crippen molar-refractivity contribution in [2.75, 3.05) is 10.6 Å². The molecule has 0 aliphatic heterocycles. The van der Waals surface area contributed by atoms with E-state index in [0.717, 1.165) is 21.6 Å². The molecular weight excluding hydrogens is 656 g/mol. The van der Waals surface area contributed by atoms with Gasteiger partial charge < -0.3 is 16.0 Å². The third kappa shape index (κ3) is 8.95. The molecule has 0 aliphatic carbocycles. The zero-order valence-electron chi connectivity index (χ0n) is 25.9. The molecule has 3 amide bonds. The van der Waals surface area contributed by atoms with E-state index < -0.39 is 17.1 Å². The second-order valence-corrected chi connectivity index (χ2v) is 12.7. The van der Waals surface area contributed by atoms with Crippen molar-refractivity contribution in [3.63, 3.8) is 0 Å². The quantitative estimate of drug-likeness (QED) is 0.0936. The van der Waals surface area contributed by atoms with E-state index in [2.05, 4.69) is 20.9 Å². The van der Waals surface area contributed by atoms with Crippen LogP contribution in [0.4, 0.5) is 15.2 Å². The normalized spacial score (nSPS) is 11.7. The Hall–Kier alpha value is -5.84. The highest BCUT2D eigenvalue weighted by Gasteiger charge is 2.23. The summed E-state index contributed by atoms with van der Waals surface area (Å²) in [5, 5.41) is 10.2. The highest BCUT2D eigenvalue weighted by Crippen LogP contribution is 2.37. The Balaban J connectivity index is 1.16. The SMILES string of the molecule is O=C(Nc1ccc(SC(C(=O)Nc2nc(-c3ccc(F)cc3)cs2)c2ccccc2)cc1)/C(=C/c1ccccc1)NC(=O)c1ccccc1. The molecular formula is C39H29FN4O3S2. The number of amides is 3. The Morgan fingerprint density at radius 1 is 0.735 bits per heavy atom. The fourth-order valence-corrected chi connectivity index (χ4v) is 6.51. The summed E-state index contributed by atoms with van der Waals surface area (Å²) in [4.78, 5) is 45.3. The van der Waals surface area contributed by atoms with Gasteiger partial charge in [0.2, 0.25) is 5.91 Å². The molecule has 1 unspecified atom stereocenters. The summed E-state index contributed by atoms with van der Waals surface area (Å²) in [6.07, 6.45) is 1.62. The Bertz CT molecular complexity index is 2070. The molecule has 0 bridgehead atoms. The average Bonchev–Trinajstić information content (AvgIpc) is 3.60. The third-order valence-electron chi connectivity index (χ3n) is 7.22. The fourth-order valence-electron chi connectivity index (χ4n) is 4.77. The molecule has 0 spiro atoms. The number of nitrogens with one attached hydrogen (secondary N) is 3. The number of nitrogens with zero attached hydrogens (tertiary/aromatic N) is 1. The van der Waals surface area contributed by atoms with Crippen LogP contribution in [0.15, 0.2) is 155 Å². The van der Waals surface area contributed by atoms with Gasteiger partial charge in [0.1, 0.15) is 16.8 Å². The number of hydrogen-bond acceptors (Lipinski definition) is 6. The molecule has 1 heterocycles. The van der Waals surface area contributed by atoms with Gasteiger partial charge in [-0.3, -0.25) is 14.4 Å². The lowest BCUT2D eigenvalue weighted by Gasteiger charge is -2.17. The van der Waals surface area contributed by atoms with Crippen molar-refractivity contribution in [1.82, 2.24) is 10.3 Å². The van der Waals surface area contributed by atoms with Gasteiger partial charge in [0, 0.05) is 27.1 Å². The number of aromatic nitrogens is 1. The zero-order valence-corrected chi connectivity index (χ0v) is 27.5. The van der Waals surface area contributed by atoms with Gasteiger partial charge in [-0.2, -0.15) is 0 Å². The molecule has 0 fully saturated rings. The van der Waals surface area contributed by atoms with Gasteiger partial charge in [0.25, 0.3) is 11.8 Å². The third-order valence-corrected chi connectivity index (χ3v) is 9.24. The maximum Gasteiger partial charge on any atom is 0.272 e. The Labute approximate surface area is 290 Å². The van der Waals surface area contributed by atoms with Crippen LogP contribution in [0.5, 0.6) is 0 Å². The summed E-state index contributed by atoms with van der Waals surface area (Å²) in [6.45, 7) is 0. The van der Waals surface area contributed by atoms with E-state index in [1.165, 1.54) is 35.2 Å². The average molecular weight is 685 g/mol. The van der Waals surface area contributed by atoms with Crippen LogP contribution in [0.3, 0.4) is 0 Å². The van der Waals surface area contributed by atoms with Gasteiger partial charge in [0.05, 0.1) is 5.69 Å². The van der Waals surface area contributed by atoms with Gasteiger partial charge >= 0.3 is 0 Å². The highest BCUT2D eigenvalue weighted by molar-refractivity contribution is 8.00. The molecule has 1 aromatic heterocycles. The molecule has 6 rings (SSSR count). The van der Waals surface area contributed by atoms with Crippen molar-refractivity contribution in [3.05, 3.63) is 173 Å². The lowest BCUT2D eigenvalue weighted by Crippen LogP contribution is -2.30. The van der Waals surface area contributed by atoms with Crippen LogP contribution in [0.1, 0.15) is 26.7 Å². The van der Waals surface area contributed by atoms with Gasteiger partial charge in [-0.05, 0) is 77.9 Å². The van der Waals surface area contributed by atoms with E-state index in [4.69, 9.17) is 0 Å². The second kappa shape index (κ2) is 15.8. The number of thioether (sulfide) groups is 1. The van der Waals surface area contributed by atoms with Crippen LogP contribution in [0, 0.1) is 5.82 Å². The first-order valence-corrected chi connectivity index (χ1v) is 17.0. The maximum absolute atomic E-state index is 13.6. The number of anilines is 2. The minimum atomic E-state index is -0.603. The first-order valence-electron chi connectivity index (χ1n) is 15.2. The van der Waals surface area contributed by atoms with Gasteiger partial charge in [-0.25, -0.2) is 9.37 Å². The predicted molar refractivity (Wildman–Crippen MR) is 195 cm³/mol. The van der Waals surface area contributed by atoms with Crippen LogP contribution in [-0.4, -0.2) is 22.7 Å². The van der Waals surface area contributed by atoms with E-state index in [0.29, 0.717) is 22.1 Å². The smallest absolute Gasteiger partial charge is 0.272 e. The Kier molecular flexibility index (Phi) is 10.7. The molecule has 242 valence electrons. The van der Waals surface area contributed by atoms with Crippen molar-refractivity contribution in [3.8, 4) is 11.3 Å². The van der Waals surface area contributed by atoms with Gasteiger partial charge in [-0.1, -0.05) is 78.9 Å². The summed E-state index contributed by atoms with van der Waals surface area (Å²) in [5.74, 6) is -1.47. The predicted octanol–water partition coefficient (Wildman–Crippen LogP) is 8.83. The monoisotopic (exact) mass is 684 g/mol. The first kappa shape index (κ1) is 33.1. The van der Waals surface area contributed by atoms with E-state index in [9.17, 15) is 18.8 Å². The number of thiazole rings is 1. The maximum atomic E-state index is 13.6. The van der Waals surface area contributed by atoms with E-state index in [-0.39, 0.29) is 17.4 Å². The van der Waals surface area contributed by atoms with Crippen molar-refractivity contribution < 1.29 is 18.8 Å². The van der Waals surface area contributed by atoms with Crippen molar-refractivity contribution in [2.24, 2.45) is 0 Å². The summed E-state index contributed by atoms with van der Waals surface area (Å²) >= 11 is 2.65. The first-order chi connectivity index (χ1) is 23.9. The molecule has 1 atom stereocenters. The van der Waals surface area contributed by atoms with E-state index in [1.54, 1.807) is 54.6 Å². The summed E-state index contributed by atoms with van der Waals surface area (Å²) in [5.41, 5.74) is 3.98. The summed E-state index contributed by atoms with van der Waals surface area (Å²) in [7, 11) is 0. The number of benzene rings is 5. The Morgan fingerprint density at radius 2 is 1.37 bits per heavy atom. The summed E-state index contributed by atoms with van der Waals surface area (Å²) in [6, 6.07) is 40.5. The molecule has 5 aromatic carbocycles. The van der Waals surface area contributed by atoms with Crippen LogP contribution in [-0.2, 0) is 9.59 Å². The number of carbonyl (C=O) groups is 3. The molecule has 0 saturated carbocycles. The standard InChI is InChI=1S/C39H29FN4O3S2/c40-30-18-16-27(17-19-30)34-25-48-39(43-34)44-38(47)35(28-12-6-2-7-13-28)49-32-22-20-31(21-23-32)41-37(46)33(24-26-10-4-1-5-11-26)42-36(45)29-14-8-3-9-15-29/h1-25,35H,(H,41,46)(H,42,45)(H,43,44,47)/b33-24-. The minimum Gasteiger partial charge on any atom is -0.321 e. The topological polar surface area (TPSA) is 100 Å². The molecule has 7 nitrogen and oxygen atoms in total. The summed E-state index contributed by atoms with van der Waals surface area (Å²) < 4.78 is 13.4. The van der Waals surface area contributed by atoms with E-state index >= 15 is 0 Å². The molecule has 0 saturated heterocycles. The highest BCUT2D eigenvalue weighted by atomic mass is 32.2. The Morgan fingerprint density at radius 3 is 2.04 bits per heavy atom. The zero-order chi connectivity index (χ0) is 34.0. The van der Waals surface area contributed by atoms with Crippen LogP contribution in [0.2, 0.25) is 0 Å². The van der Waals surface area contributed by atoms with Gasteiger partial charge in [-0.15, -0.1) is 23.1 Å². The van der Waals surface area contributed by atoms with Crippen LogP contribution < -0.4 is 16.0 Å². The molecule has 10 heteroatoms. The van der Waals surface area contributed by atoms with Crippen LogP contribution >= 0.6 is 23.1 Å².